The van der Waals surface area contributed by atoms with Gasteiger partial charge in [-0.2, -0.15) is 0 Å². The molecule has 1 fully saturated rings. The van der Waals surface area contributed by atoms with E-state index in [0.29, 0.717) is 12.8 Å². The van der Waals surface area contributed by atoms with Crippen molar-refractivity contribution in [1.82, 2.24) is 0 Å². The van der Waals surface area contributed by atoms with Crippen molar-refractivity contribution in [1.29, 1.82) is 0 Å². The first kappa shape index (κ1) is 14.6. The molecule has 2 rings (SSSR count). The van der Waals surface area contributed by atoms with E-state index in [4.69, 9.17) is 5.11 Å². The van der Waals surface area contributed by atoms with Crippen molar-refractivity contribution in [3.8, 4) is 0 Å². The second-order valence-corrected chi connectivity index (χ2v) is 5.74. The van der Waals surface area contributed by atoms with Gasteiger partial charge < -0.3 is 10.2 Å². The van der Waals surface area contributed by atoms with Crippen LogP contribution in [0.2, 0.25) is 0 Å². The van der Waals surface area contributed by atoms with E-state index in [1.807, 2.05) is 26.0 Å². The van der Waals surface area contributed by atoms with Crippen LogP contribution in [0.5, 0.6) is 0 Å². The summed E-state index contributed by atoms with van der Waals surface area (Å²) in [6.07, 6.45) is 1.59. The number of rotatable bonds is 3. The average molecular weight is 276 g/mol. The molecule has 1 aliphatic carbocycles. The number of aryl methyl sites for hydroxylation is 2. The molecule has 4 nitrogen and oxygen atoms in total. The van der Waals surface area contributed by atoms with E-state index in [1.165, 1.54) is 11.1 Å². The molecule has 20 heavy (non-hydrogen) atoms. The van der Waals surface area contributed by atoms with Gasteiger partial charge in [-0.25, -0.2) is 0 Å². The Balaban J connectivity index is 2.21. The van der Waals surface area contributed by atoms with E-state index in [2.05, 4.69) is 6.07 Å². The molecule has 2 N–H and O–H groups in total. The predicted molar refractivity (Wildman–Crippen MR) is 74.8 cm³/mol. The molecule has 0 aromatic heterocycles. The topological polar surface area (TPSA) is 74.6 Å². The van der Waals surface area contributed by atoms with Crippen molar-refractivity contribution in [2.24, 2.45) is 11.8 Å². The molecule has 0 spiro atoms. The lowest BCUT2D eigenvalue weighted by Crippen LogP contribution is -2.35. The monoisotopic (exact) mass is 276 g/mol. The summed E-state index contributed by atoms with van der Waals surface area (Å²) in [6, 6.07) is 6.18. The Morgan fingerprint density at radius 3 is 2.20 bits per heavy atom. The van der Waals surface area contributed by atoms with E-state index in [1.54, 1.807) is 0 Å². The number of hydrogen-bond acceptors (Lipinski definition) is 2. The van der Waals surface area contributed by atoms with Crippen LogP contribution < -0.4 is 0 Å². The maximum atomic E-state index is 11.3. The number of carboxylic acid groups (broad SMARTS) is 2. The zero-order chi connectivity index (χ0) is 14.9. The molecule has 0 heterocycles. The third kappa shape index (κ3) is 2.84. The second-order valence-electron chi connectivity index (χ2n) is 5.74. The minimum absolute atomic E-state index is 0.144. The number of aliphatic carboxylic acids is 2. The largest absolute Gasteiger partial charge is 0.481 e. The average Bonchev–Trinajstić information content (AvgIpc) is 2.41. The van der Waals surface area contributed by atoms with Crippen molar-refractivity contribution in [2.45, 2.75) is 39.0 Å². The molecular weight excluding hydrogens is 256 g/mol. The number of carboxylic acids is 2. The lowest BCUT2D eigenvalue weighted by atomic mass is 9.71. The fraction of sp³-hybridized carbons (Fsp3) is 0.500. The van der Waals surface area contributed by atoms with Crippen LogP contribution >= 0.6 is 0 Å². The molecule has 0 amide bonds. The molecule has 1 aromatic carbocycles. The summed E-state index contributed by atoms with van der Waals surface area (Å²) >= 11 is 0. The Bertz CT molecular complexity index is 535. The maximum absolute atomic E-state index is 11.3. The van der Waals surface area contributed by atoms with Crippen molar-refractivity contribution in [3.05, 3.63) is 34.9 Å². The summed E-state index contributed by atoms with van der Waals surface area (Å²) in [5, 5.41) is 18.4. The highest BCUT2D eigenvalue weighted by Gasteiger charge is 2.39. The van der Waals surface area contributed by atoms with Crippen LogP contribution in [0, 0.1) is 25.7 Å². The normalized spacial score (nSPS) is 26.2. The van der Waals surface area contributed by atoms with Crippen LogP contribution in [-0.2, 0) is 9.59 Å². The molecule has 0 bridgehead atoms. The second kappa shape index (κ2) is 5.65. The molecule has 0 aliphatic heterocycles. The van der Waals surface area contributed by atoms with Gasteiger partial charge in [0.15, 0.2) is 0 Å². The van der Waals surface area contributed by atoms with E-state index in [-0.39, 0.29) is 5.92 Å². The molecule has 0 radical (unpaired) electrons. The number of carbonyl (C=O) groups is 2. The molecule has 108 valence electrons. The van der Waals surface area contributed by atoms with Crippen LogP contribution in [0.3, 0.4) is 0 Å². The van der Waals surface area contributed by atoms with Crippen molar-refractivity contribution in [3.63, 3.8) is 0 Å². The zero-order valence-corrected chi connectivity index (χ0v) is 11.8. The van der Waals surface area contributed by atoms with Gasteiger partial charge in [0, 0.05) is 0 Å². The quantitative estimate of drug-likeness (QED) is 0.890. The molecule has 1 saturated carbocycles. The SMILES string of the molecule is Cc1ccc([C@@H]2CC[C@@H](C(=O)O)[C@@H](C(=O)O)C2)cc1C. The first-order chi connectivity index (χ1) is 9.40. The van der Waals surface area contributed by atoms with Gasteiger partial charge in [0.2, 0.25) is 0 Å². The van der Waals surface area contributed by atoms with E-state index in [0.717, 1.165) is 12.0 Å². The van der Waals surface area contributed by atoms with Crippen molar-refractivity contribution >= 4 is 11.9 Å². The van der Waals surface area contributed by atoms with Gasteiger partial charge in [0.25, 0.3) is 0 Å². The third-order valence-electron chi connectivity index (χ3n) is 4.49. The fourth-order valence-electron chi connectivity index (χ4n) is 3.06. The Morgan fingerprint density at radius 2 is 1.65 bits per heavy atom. The van der Waals surface area contributed by atoms with Crippen LogP contribution in [0.1, 0.15) is 41.9 Å². The van der Waals surface area contributed by atoms with Gasteiger partial charge in [-0.15, -0.1) is 0 Å². The summed E-state index contributed by atoms with van der Waals surface area (Å²) in [7, 11) is 0. The molecule has 0 unspecified atom stereocenters. The smallest absolute Gasteiger partial charge is 0.307 e. The van der Waals surface area contributed by atoms with Gasteiger partial charge in [-0.3, -0.25) is 9.59 Å². The molecule has 1 aliphatic rings. The van der Waals surface area contributed by atoms with Crippen LogP contribution in [0.15, 0.2) is 18.2 Å². The van der Waals surface area contributed by atoms with Gasteiger partial charge in [-0.1, -0.05) is 18.2 Å². The Kier molecular flexibility index (Phi) is 4.12. The molecule has 0 saturated heterocycles. The highest BCUT2D eigenvalue weighted by Crippen LogP contribution is 2.40. The molecule has 1 aromatic rings. The van der Waals surface area contributed by atoms with Gasteiger partial charge in [-0.05, 0) is 55.7 Å². The summed E-state index contributed by atoms with van der Waals surface area (Å²) in [5.41, 5.74) is 3.53. The Morgan fingerprint density at radius 1 is 1.00 bits per heavy atom. The van der Waals surface area contributed by atoms with Crippen LogP contribution in [-0.4, -0.2) is 22.2 Å². The first-order valence-electron chi connectivity index (χ1n) is 6.93. The van der Waals surface area contributed by atoms with Crippen molar-refractivity contribution in [2.75, 3.05) is 0 Å². The fourth-order valence-corrected chi connectivity index (χ4v) is 3.06. The summed E-state index contributed by atoms with van der Waals surface area (Å²) in [6.45, 7) is 4.08. The lowest BCUT2D eigenvalue weighted by molar-refractivity contribution is -0.155. The van der Waals surface area contributed by atoms with E-state index < -0.39 is 23.8 Å². The minimum atomic E-state index is -0.995. The Labute approximate surface area is 118 Å². The van der Waals surface area contributed by atoms with Gasteiger partial charge in [0.1, 0.15) is 0 Å². The summed E-state index contributed by atoms with van der Waals surface area (Å²) < 4.78 is 0. The number of benzene rings is 1. The predicted octanol–water partition coefficient (Wildman–Crippen LogP) is 2.97. The minimum Gasteiger partial charge on any atom is -0.481 e. The zero-order valence-electron chi connectivity index (χ0n) is 11.8. The first-order valence-corrected chi connectivity index (χ1v) is 6.93. The van der Waals surface area contributed by atoms with Gasteiger partial charge in [0.05, 0.1) is 11.8 Å². The van der Waals surface area contributed by atoms with E-state index in [9.17, 15) is 14.7 Å². The van der Waals surface area contributed by atoms with Crippen LogP contribution in [0.25, 0.3) is 0 Å². The van der Waals surface area contributed by atoms with Gasteiger partial charge >= 0.3 is 11.9 Å². The van der Waals surface area contributed by atoms with E-state index >= 15 is 0 Å². The highest BCUT2D eigenvalue weighted by atomic mass is 16.4. The van der Waals surface area contributed by atoms with Crippen LogP contribution in [0.4, 0.5) is 0 Å². The lowest BCUT2D eigenvalue weighted by Gasteiger charge is -2.32. The molecule has 4 heteroatoms. The highest BCUT2D eigenvalue weighted by molar-refractivity contribution is 5.80. The molecule has 3 atom stereocenters. The third-order valence-corrected chi connectivity index (χ3v) is 4.49. The van der Waals surface area contributed by atoms with Crippen molar-refractivity contribution < 1.29 is 19.8 Å². The molecular formula is C16H20O4. The Hall–Kier alpha value is -1.84. The maximum Gasteiger partial charge on any atom is 0.307 e. The summed E-state index contributed by atoms with van der Waals surface area (Å²) in [4.78, 5) is 22.5. The standard InChI is InChI=1S/C16H20O4/c1-9-3-4-11(7-10(9)2)12-5-6-13(15(17)18)14(8-12)16(19)20/h3-4,7,12-14H,5-6,8H2,1-2H3,(H,17,18)(H,19,20)/t12-,13-,14+/m1/s1. The number of hydrogen-bond donors (Lipinski definition) is 2. The summed E-state index contributed by atoms with van der Waals surface area (Å²) in [5.74, 6) is -3.38.